The number of nitrogens with zero attached hydrogens (tertiary/aromatic N) is 2. The molecule has 1 aromatic carbocycles. The highest BCUT2D eigenvalue weighted by atomic mass is 16.3. The number of aromatic hydroxyl groups is 1. The van der Waals surface area contributed by atoms with Gasteiger partial charge in [-0.2, -0.15) is 0 Å². The molecular weight excluding hydrogens is 997 g/mol. The molecule has 428 valence electrons. The van der Waals surface area contributed by atoms with Gasteiger partial charge in [0.1, 0.15) is 60.3 Å². The van der Waals surface area contributed by atoms with Crippen molar-refractivity contribution >= 4 is 47.3 Å². The largest absolute Gasteiger partial charge is 0.508 e. The zero-order chi connectivity index (χ0) is 61.0. The summed E-state index contributed by atoms with van der Waals surface area (Å²) < 4.78 is 42.1. The number of benzene rings is 1. The van der Waals surface area contributed by atoms with Crippen LogP contribution in [0.25, 0.3) is 0 Å². The third kappa shape index (κ3) is 17.5. The smallest absolute Gasteiger partial charge is 0.248 e. The average Bonchev–Trinajstić information content (AvgIpc) is 3.90. The number of phenols is 1. The lowest BCUT2D eigenvalue weighted by molar-refractivity contribution is -0.149. The van der Waals surface area contributed by atoms with Crippen molar-refractivity contribution in [1.29, 1.82) is 0 Å². The van der Waals surface area contributed by atoms with Gasteiger partial charge in [-0.3, -0.25) is 38.4 Å². The number of carbonyl (C=O) groups is 8. The van der Waals surface area contributed by atoms with Gasteiger partial charge in [-0.25, -0.2) is 0 Å². The van der Waals surface area contributed by atoms with E-state index < -0.39 is 178 Å². The summed E-state index contributed by atoms with van der Waals surface area (Å²) in [5.41, 5.74) is 5.09. The zero-order valence-electron chi connectivity index (χ0n) is 48.3. The summed E-state index contributed by atoms with van der Waals surface area (Å²) in [5.74, 6) is -14.2. The van der Waals surface area contributed by atoms with Crippen molar-refractivity contribution in [3.8, 4) is 5.75 Å². The van der Waals surface area contributed by atoms with Gasteiger partial charge < -0.3 is 88.1 Å². The molecule has 3 fully saturated rings. The van der Waals surface area contributed by atoms with Gasteiger partial charge in [-0.1, -0.05) is 84.7 Å². The van der Waals surface area contributed by atoms with Gasteiger partial charge in [0.05, 0.1) is 30.8 Å². The van der Waals surface area contributed by atoms with Crippen LogP contribution in [0.15, 0.2) is 24.3 Å². The number of amides is 8. The highest BCUT2D eigenvalue weighted by Gasteiger charge is 2.50. The van der Waals surface area contributed by atoms with E-state index in [1.165, 1.54) is 0 Å². The number of fused-ring (bicyclic) bond motifs is 2. The number of aliphatic hydroxyl groups is 8. The minimum atomic E-state index is -3.75. The number of nitrogens with one attached hydrogen (secondary N) is 5. The second-order valence-corrected chi connectivity index (χ2v) is 20.5. The Kier molecular flexibility index (Phi) is 21.3. The van der Waals surface area contributed by atoms with E-state index in [4.69, 9.17) is 12.6 Å². The number of unbranched alkanes of at least 4 members (excludes halogenated alkanes) is 5. The standard InChI is InChI=1S/C51H82N8O17/c1-6-25(2)19-26(3)13-11-9-7-8-10-12-14-37(66)53-32-21-35(64)47(72)57-49(74)41-42(67)27(4)23-59(41)51(76)39(34(63)22-36(52)65)55-48(73)40(44(69)43(68)29-15-17-30(61)18-16-29)56-46(71)33-20-31(62)24-58(33)50(75)38(28(5)60)54-45(32)70/h15-18,25-28,31-35,38-44,47,60-64,67-69,72H,6-14,19-24H2,1-5H3,(H2,52,65)(H,53,66)(H,54,70)(H,55,73)(H,56,71)(H,57,74)/t25?,26?,27-,28+,31+,32-,33?,34+,35+,38?,39?,40?,41?,42-,43+,44-,47+/m0/s1/i4D3,23D,27D,59+0/t23?,25?,26?,27-,28+,31+,32-,33?,34+,35+,38?,39?,40?,41?,42-,43+,44-,47+. The van der Waals surface area contributed by atoms with Crippen molar-refractivity contribution in [1.82, 2.24) is 36.4 Å². The van der Waals surface area contributed by atoms with Gasteiger partial charge in [0.2, 0.25) is 47.3 Å². The molecule has 0 bridgehead atoms. The molecule has 3 aliphatic heterocycles. The Morgan fingerprint density at radius 1 is 0.789 bits per heavy atom. The molecule has 3 aliphatic rings. The molecule has 0 radical (unpaired) electrons. The van der Waals surface area contributed by atoms with Gasteiger partial charge in [0.25, 0.3) is 0 Å². The predicted octanol–water partition coefficient (Wildman–Crippen LogP) is -3.10. The summed E-state index contributed by atoms with van der Waals surface area (Å²) in [4.78, 5) is 113. The van der Waals surface area contributed by atoms with E-state index >= 15 is 0 Å². The van der Waals surface area contributed by atoms with E-state index in [1.807, 2.05) is 10.6 Å². The van der Waals surface area contributed by atoms with Crippen LogP contribution in [0.4, 0.5) is 0 Å². The highest BCUT2D eigenvalue weighted by molar-refractivity contribution is 5.98. The molecule has 18 atom stereocenters. The maximum absolute atomic E-state index is 14.8. The second kappa shape index (κ2) is 29.3. The number of rotatable bonds is 20. The first-order valence-corrected chi connectivity index (χ1v) is 25.8. The Labute approximate surface area is 449 Å². The molecule has 0 spiro atoms. The lowest BCUT2D eigenvalue weighted by Crippen LogP contribution is -2.64. The molecule has 3 saturated heterocycles. The van der Waals surface area contributed by atoms with Gasteiger partial charge >= 0.3 is 0 Å². The molecule has 0 aromatic heterocycles. The van der Waals surface area contributed by atoms with Crippen LogP contribution >= 0.6 is 0 Å². The highest BCUT2D eigenvalue weighted by Crippen LogP contribution is 2.28. The quantitative estimate of drug-likeness (QED) is 0.0575. The van der Waals surface area contributed by atoms with Crippen molar-refractivity contribution in [2.24, 2.45) is 23.5 Å². The third-order valence-electron chi connectivity index (χ3n) is 14.1. The minimum absolute atomic E-state index is 0.0863. The maximum Gasteiger partial charge on any atom is 0.248 e. The maximum atomic E-state index is 14.8. The molecule has 16 N–H and O–H groups in total. The van der Waals surface area contributed by atoms with Crippen molar-refractivity contribution in [2.45, 2.75) is 203 Å². The summed E-state index contributed by atoms with van der Waals surface area (Å²) in [5, 5.41) is 111. The van der Waals surface area contributed by atoms with Crippen LogP contribution in [0, 0.1) is 17.7 Å². The summed E-state index contributed by atoms with van der Waals surface area (Å²) in [6.45, 7) is 0.386. The third-order valence-corrected chi connectivity index (χ3v) is 14.1. The lowest BCUT2D eigenvalue weighted by Gasteiger charge is -2.34. The number of phenolic OH excluding ortho intramolecular Hbond substituents is 1. The van der Waals surface area contributed by atoms with E-state index in [0.29, 0.717) is 29.6 Å². The van der Waals surface area contributed by atoms with Crippen molar-refractivity contribution in [3.05, 3.63) is 29.8 Å². The van der Waals surface area contributed by atoms with E-state index in [2.05, 4.69) is 36.7 Å². The molecule has 0 saturated carbocycles. The fraction of sp³-hybridized carbons (Fsp3) is 0.725. The number of nitrogens with two attached hydrogens (primary N) is 1. The molecule has 76 heavy (non-hydrogen) atoms. The van der Waals surface area contributed by atoms with Gasteiger partial charge in [0.15, 0.2) is 6.23 Å². The predicted molar refractivity (Wildman–Crippen MR) is 270 cm³/mol. The normalized spacial score (nSPS) is 32.8. The molecule has 3 heterocycles. The van der Waals surface area contributed by atoms with Crippen molar-refractivity contribution in [3.63, 3.8) is 0 Å². The molecule has 1 aromatic rings. The number of primary amides is 1. The van der Waals surface area contributed by atoms with Gasteiger partial charge in [-0.05, 0) is 49.3 Å². The van der Waals surface area contributed by atoms with E-state index in [0.717, 1.165) is 76.1 Å². The first kappa shape index (κ1) is 55.2. The van der Waals surface area contributed by atoms with Crippen LogP contribution < -0.4 is 32.3 Å². The number of hydrogen-bond acceptors (Lipinski definition) is 17. The first-order chi connectivity index (χ1) is 37.8. The van der Waals surface area contributed by atoms with Crippen LogP contribution in [0.3, 0.4) is 0 Å². The average molecular weight is 1080 g/mol. The van der Waals surface area contributed by atoms with Crippen LogP contribution in [0.2, 0.25) is 0 Å². The molecule has 8 unspecified atom stereocenters. The minimum Gasteiger partial charge on any atom is -0.508 e. The van der Waals surface area contributed by atoms with Crippen LogP contribution in [0.5, 0.6) is 5.75 Å². The van der Waals surface area contributed by atoms with Crippen LogP contribution in [-0.2, 0) is 38.4 Å². The molecule has 25 heteroatoms. The van der Waals surface area contributed by atoms with Crippen molar-refractivity contribution < 1.29 is 91.2 Å². The Morgan fingerprint density at radius 2 is 1.39 bits per heavy atom. The SMILES string of the molecule is [2H]C1[14N]2C(=O)C([C@H](O)CC(N)=O)NC(=O)C([C@H](O)[C@H](O)c3ccc(O)cc3)NC(=O)C3C[C@@H](O)CN3C(=O)C([C@@H](C)O)NC(=O)[C@@H](NC(=O)CCCCCCCCC(C)CC(C)CC)C[C@@H](O)[C@@H](O)NC(=O)C2[C@@H](O)[C@@]1([2H])C([2H])([2H])[2H]. The second-order valence-electron chi connectivity index (χ2n) is 20.5. The summed E-state index contributed by atoms with van der Waals surface area (Å²) >= 11 is 0. The zero-order valence-corrected chi connectivity index (χ0v) is 43.3. The van der Waals surface area contributed by atoms with E-state index in [1.54, 1.807) is 0 Å². The van der Waals surface area contributed by atoms with Crippen molar-refractivity contribution in [2.75, 3.05) is 13.1 Å². The Bertz CT molecular complexity index is 2350. The molecular formula is C51H82N8O17. The fourth-order valence-corrected chi connectivity index (χ4v) is 9.54. The summed E-state index contributed by atoms with van der Waals surface area (Å²) in [7, 11) is 0. The first-order valence-electron chi connectivity index (χ1n) is 28.4. The van der Waals surface area contributed by atoms with Gasteiger partial charge in [0, 0.05) is 45.1 Å². The topological polar surface area (TPSA) is 411 Å². The van der Waals surface area contributed by atoms with Crippen LogP contribution in [-0.4, -0.2) is 195 Å². The number of aliphatic hydroxyl groups excluding tert-OH is 8. The Morgan fingerprint density at radius 3 is 2.01 bits per heavy atom. The monoisotopic (exact) mass is 1080 g/mol. The van der Waals surface area contributed by atoms with E-state index in [-0.39, 0.29) is 22.6 Å². The lowest BCUT2D eigenvalue weighted by atomic mass is 9.91. The van der Waals surface area contributed by atoms with E-state index in [9.17, 15) is 84.3 Å². The number of hydrogen-bond donors (Lipinski definition) is 15. The Balaban J connectivity index is 1.80. The molecule has 0 aliphatic carbocycles. The molecule has 4 rings (SSSR count). The molecule has 25 nitrogen and oxygen atoms in total. The fourth-order valence-electron chi connectivity index (χ4n) is 9.54. The van der Waals surface area contributed by atoms with Gasteiger partial charge in [-0.15, -0.1) is 0 Å². The summed E-state index contributed by atoms with van der Waals surface area (Å²) in [6.07, 6.45) is -13.5. The summed E-state index contributed by atoms with van der Waals surface area (Å²) in [6, 6.07) is -9.53. The number of carbonyl (C=O) groups excluding carboxylic acids is 8. The molecule has 8 amide bonds. The van der Waals surface area contributed by atoms with Crippen LogP contribution in [0.1, 0.15) is 137 Å². The Hall–Kier alpha value is -5.54.